The molecule has 0 amide bonds. The Morgan fingerprint density at radius 1 is 0.900 bits per heavy atom. The lowest BCUT2D eigenvalue weighted by atomic mass is 10.0. The van der Waals surface area contributed by atoms with E-state index in [2.05, 4.69) is 21.1 Å². The average molecular weight is 524 g/mol. The highest BCUT2D eigenvalue weighted by atomic mass is 79.9. The zero-order valence-electron chi connectivity index (χ0n) is 15.5. The Kier molecular flexibility index (Phi) is 6.49. The number of hydrogen-bond donors (Lipinski definition) is 0. The second-order valence-corrected chi connectivity index (χ2v) is 9.16. The molecule has 0 aliphatic heterocycles. The minimum Gasteiger partial charge on any atom is -0.313 e. The molecule has 3 nitrogen and oxygen atoms in total. The molecule has 0 radical (unpaired) electrons. The van der Waals surface area contributed by atoms with Crippen molar-refractivity contribution in [1.82, 2.24) is 0 Å². The molecule has 1 aliphatic rings. The molecule has 1 fully saturated rings. The van der Waals surface area contributed by atoms with E-state index in [9.17, 15) is 4.79 Å². The van der Waals surface area contributed by atoms with Crippen LogP contribution in [0.2, 0.25) is 15.1 Å². The van der Waals surface area contributed by atoms with Gasteiger partial charge in [0.05, 0.1) is 21.3 Å². The molecule has 0 unspecified atom stereocenters. The summed E-state index contributed by atoms with van der Waals surface area (Å²) in [7, 11) is 0. The molecule has 1 saturated carbocycles. The summed E-state index contributed by atoms with van der Waals surface area (Å²) in [6.07, 6.45) is 0.918. The summed E-state index contributed by atoms with van der Waals surface area (Å²) in [5.74, 6) is -0.144. The van der Waals surface area contributed by atoms with Gasteiger partial charge in [0.15, 0.2) is 0 Å². The van der Waals surface area contributed by atoms with Crippen LogP contribution in [0.5, 0.6) is 0 Å². The van der Waals surface area contributed by atoms with Crippen molar-refractivity contribution in [2.45, 2.75) is 12.3 Å². The van der Waals surface area contributed by atoms with Crippen LogP contribution in [0.4, 0.5) is 0 Å². The third-order valence-corrected chi connectivity index (χ3v) is 6.48. The first-order chi connectivity index (χ1) is 14.4. The van der Waals surface area contributed by atoms with Crippen molar-refractivity contribution >= 4 is 62.4 Å². The fourth-order valence-electron chi connectivity index (χ4n) is 3.30. The van der Waals surface area contributed by atoms with Gasteiger partial charge in [-0.2, -0.15) is 0 Å². The molecule has 30 heavy (non-hydrogen) atoms. The Hall–Kier alpha value is -1.85. The molecule has 0 aromatic heterocycles. The molecule has 152 valence electrons. The Labute approximate surface area is 197 Å². The van der Waals surface area contributed by atoms with Crippen LogP contribution < -0.4 is 0 Å². The molecule has 1 aliphatic carbocycles. The van der Waals surface area contributed by atoms with Crippen molar-refractivity contribution in [3.8, 4) is 0 Å². The zero-order chi connectivity index (χ0) is 21.3. The van der Waals surface area contributed by atoms with Gasteiger partial charge < -0.3 is 4.84 Å². The van der Waals surface area contributed by atoms with E-state index in [0.717, 1.165) is 22.2 Å². The number of hydrogen-bond acceptors (Lipinski definition) is 3. The Morgan fingerprint density at radius 2 is 1.57 bits per heavy atom. The maximum atomic E-state index is 12.5. The molecule has 0 spiro atoms. The number of oxime groups is 1. The van der Waals surface area contributed by atoms with Crippen molar-refractivity contribution < 1.29 is 9.63 Å². The van der Waals surface area contributed by atoms with Crippen molar-refractivity contribution in [2.75, 3.05) is 0 Å². The van der Waals surface area contributed by atoms with Crippen LogP contribution in [0.15, 0.2) is 76.4 Å². The standard InChI is InChI=1S/C23H15BrCl3NO2/c24-16-6-1-14(2-7-16)22(19-12-18(19)13-3-8-17(25)9-4-13)28-30-23(29)15-5-10-20(26)21(27)11-15/h1-11,18-19H,12H2/b28-22-/t18-,19-/m1/s1. The summed E-state index contributed by atoms with van der Waals surface area (Å²) in [5.41, 5.74) is 3.11. The molecule has 0 heterocycles. The second-order valence-electron chi connectivity index (χ2n) is 6.99. The zero-order valence-corrected chi connectivity index (χ0v) is 19.3. The molecule has 2 atom stereocenters. The van der Waals surface area contributed by atoms with Crippen molar-refractivity contribution in [3.63, 3.8) is 0 Å². The Bertz CT molecular complexity index is 1110. The number of halogens is 4. The largest absolute Gasteiger partial charge is 0.365 e. The van der Waals surface area contributed by atoms with Gasteiger partial charge in [-0.25, -0.2) is 4.79 Å². The summed E-state index contributed by atoms with van der Waals surface area (Å²) in [4.78, 5) is 17.8. The van der Waals surface area contributed by atoms with E-state index in [-0.39, 0.29) is 16.5 Å². The van der Waals surface area contributed by atoms with Crippen LogP contribution in [0.1, 0.15) is 33.8 Å². The molecule has 0 saturated heterocycles. The summed E-state index contributed by atoms with van der Waals surface area (Å²) < 4.78 is 0.962. The summed E-state index contributed by atoms with van der Waals surface area (Å²) in [6.45, 7) is 0. The summed E-state index contributed by atoms with van der Waals surface area (Å²) in [6, 6.07) is 20.2. The maximum absolute atomic E-state index is 12.5. The minimum absolute atomic E-state index is 0.147. The highest BCUT2D eigenvalue weighted by molar-refractivity contribution is 9.10. The third kappa shape index (κ3) is 4.89. The Balaban J connectivity index is 1.59. The van der Waals surface area contributed by atoms with Gasteiger partial charge >= 0.3 is 5.97 Å². The normalized spacial score (nSPS) is 18.2. The van der Waals surface area contributed by atoms with E-state index < -0.39 is 5.97 Å². The maximum Gasteiger partial charge on any atom is 0.365 e. The highest BCUT2D eigenvalue weighted by Gasteiger charge is 2.43. The van der Waals surface area contributed by atoms with E-state index >= 15 is 0 Å². The summed E-state index contributed by atoms with van der Waals surface area (Å²) >= 11 is 21.4. The van der Waals surface area contributed by atoms with Gasteiger partial charge in [0.1, 0.15) is 0 Å². The monoisotopic (exact) mass is 521 g/mol. The van der Waals surface area contributed by atoms with Crippen LogP contribution in [-0.2, 0) is 4.84 Å². The quantitative estimate of drug-likeness (QED) is 0.195. The van der Waals surface area contributed by atoms with Crippen LogP contribution in [0, 0.1) is 5.92 Å². The van der Waals surface area contributed by atoms with E-state index in [0.29, 0.717) is 16.0 Å². The highest BCUT2D eigenvalue weighted by Crippen LogP contribution is 2.49. The number of carbonyl (C=O) groups is 1. The van der Waals surface area contributed by atoms with Crippen LogP contribution in [-0.4, -0.2) is 11.7 Å². The third-order valence-electron chi connectivity index (χ3n) is 4.96. The van der Waals surface area contributed by atoms with Gasteiger partial charge in [0.2, 0.25) is 0 Å². The van der Waals surface area contributed by atoms with Crippen LogP contribution in [0.25, 0.3) is 0 Å². The number of nitrogens with zero attached hydrogens (tertiary/aromatic N) is 1. The topological polar surface area (TPSA) is 38.7 Å². The first-order valence-corrected chi connectivity index (χ1v) is 11.1. The fraction of sp³-hybridized carbons (Fsp3) is 0.130. The Morgan fingerprint density at radius 3 is 2.23 bits per heavy atom. The van der Waals surface area contributed by atoms with Gasteiger partial charge in [-0.05, 0) is 65.9 Å². The second kappa shape index (κ2) is 9.11. The van der Waals surface area contributed by atoms with Gasteiger partial charge in [0, 0.05) is 15.4 Å². The van der Waals surface area contributed by atoms with Gasteiger partial charge in [-0.3, -0.25) is 0 Å². The van der Waals surface area contributed by atoms with Gasteiger partial charge in [-0.1, -0.05) is 80.2 Å². The minimum atomic E-state index is -0.591. The van der Waals surface area contributed by atoms with E-state index in [4.69, 9.17) is 39.6 Å². The van der Waals surface area contributed by atoms with Crippen molar-refractivity contribution in [1.29, 1.82) is 0 Å². The smallest absolute Gasteiger partial charge is 0.313 e. The van der Waals surface area contributed by atoms with Crippen LogP contribution >= 0.6 is 50.7 Å². The van der Waals surface area contributed by atoms with E-state index in [1.165, 1.54) is 11.6 Å². The van der Waals surface area contributed by atoms with Gasteiger partial charge in [0.25, 0.3) is 0 Å². The molecular formula is C23H15BrCl3NO2. The fourth-order valence-corrected chi connectivity index (χ4v) is 3.99. The molecule has 7 heteroatoms. The summed E-state index contributed by atoms with van der Waals surface area (Å²) in [5, 5.41) is 5.62. The predicted octanol–water partition coefficient (Wildman–Crippen LogP) is 7.77. The first kappa shape index (κ1) is 21.4. The molecule has 4 rings (SSSR count). The van der Waals surface area contributed by atoms with E-state index in [1.54, 1.807) is 12.1 Å². The SMILES string of the molecule is O=C(O/N=C(/c1ccc(Br)cc1)[C@@H]1C[C@@H]1c1ccc(Cl)cc1)c1ccc(Cl)c(Cl)c1. The lowest BCUT2D eigenvalue weighted by Crippen LogP contribution is -2.09. The van der Waals surface area contributed by atoms with Crippen LogP contribution in [0.3, 0.4) is 0 Å². The molecule has 0 bridgehead atoms. The number of rotatable bonds is 5. The molecule has 3 aromatic rings. The average Bonchev–Trinajstić information content (AvgIpc) is 3.52. The van der Waals surface area contributed by atoms with E-state index in [1.807, 2.05) is 48.5 Å². The van der Waals surface area contributed by atoms with Gasteiger partial charge in [-0.15, -0.1) is 0 Å². The predicted molar refractivity (Wildman–Crippen MR) is 125 cm³/mol. The molecule has 0 N–H and O–H groups in total. The number of benzene rings is 3. The number of carbonyl (C=O) groups excluding carboxylic acids is 1. The molecule has 3 aromatic carbocycles. The van der Waals surface area contributed by atoms with Crippen molar-refractivity contribution in [2.24, 2.45) is 11.1 Å². The molecular weight excluding hydrogens is 509 g/mol. The van der Waals surface area contributed by atoms with Crippen molar-refractivity contribution in [3.05, 3.63) is 103 Å². The lowest BCUT2D eigenvalue weighted by molar-refractivity contribution is 0.0515. The lowest BCUT2D eigenvalue weighted by Gasteiger charge is -2.08. The first-order valence-electron chi connectivity index (χ1n) is 9.18.